The maximum Gasteiger partial charge on any atom is 0.264 e. The highest BCUT2D eigenvalue weighted by molar-refractivity contribution is 8.01. The summed E-state index contributed by atoms with van der Waals surface area (Å²) in [6, 6.07) is 12.2. The Morgan fingerprint density at radius 3 is 2.48 bits per heavy atom. The van der Waals surface area contributed by atoms with Gasteiger partial charge in [0.1, 0.15) is 0 Å². The molecule has 1 aliphatic heterocycles. The summed E-state index contributed by atoms with van der Waals surface area (Å²) in [6.45, 7) is 3.91. The van der Waals surface area contributed by atoms with Crippen molar-refractivity contribution >= 4 is 39.1 Å². The number of aryl methyl sites for hydroxylation is 1. The predicted octanol–water partition coefficient (Wildman–Crippen LogP) is 3.64. The number of sulfonamides is 1. The van der Waals surface area contributed by atoms with Gasteiger partial charge in [0, 0.05) is 11.9 Å². The van der Waals surface area contributed by atoms with Crippen LogP contribution in [0, 0.1) is 6.92 Å². The maximum absolute atomic E-state index is 12.9. The standard InChI is InChI=1S/C18H20N2O3S2/c1-4-16-18(21)19-15-11-14(9-10-17(15)24-16)25(22,23)20(3)13-7-5-12(2)6-8-13/h5-11,16H,4H2,1-3H3,(H,19,21)/t16-/m0/s1. The zero-order chi connectivity index (χ0) is 18.2. The summed E-state index contributed by atoms with van der Waals surface area (Å²) in [5.74, 6) is -0.0820. The largest absolute Gasteiger partial charge is 0.324 e. The number of benzene rings is 2. The second kappa shape index (κ2) is 6.72. The van der Waals surface area contributed by atoms with Crippen LogP contribution in [0.2, 0.25) is 0 Å². The molecule has 1 atom stereocenters. The molecule has 1 heterocycles. The Balaban J connectivity index is 1.95. The molecular weight excluding hydrogens is 356 g/mol. The van der Waals surface area contributed by atoms with Gasteiger partial charge in [-0.05, 0) is 43.7 Å². The first-order valence-electron chi connectivity index (χ1n) is 8.00. The van der Waals surface area contributed by atoms with Crippen LogP contribution in [0.4, 0.5) is 11.4 Å². The first-order valence-corrected chi connectivity index (χ1v) is 10.3. The highest BCUT2D eigenvalue weighted by atomic mass is 32.2. The van der Waals surface area contributed by atoms with Crippen molar-refractivity contribution in [2.45, 2.75) is 35.3 Å². The lowest BCUT2D eigenvalue weighted by molar-refractivity contribution is -0.115. The summed E-state index contributed by atoms with van der Waals surface area (Å²) < 4.78 is 27.1. The zero-order valence-electron chi connectivity index (χ0n) is 14.3. The van der Waals surface area contributed by atoms with E-state index in [9.17, 15) is 13.2 Å². The van der Waals surface area contributed by atoms with Crippen LogP contribution in [0.15, 0.2) is 52.3 Å². The molecular formula is C18H20N2O3S2. The molecule has 1 N–H and O–H groups in total. The molecule has 0 fully saturated rings. The Labute approximate surface area is 152 Å². The molecule has 0 bridgehead atoms. The van der Waals surface area contributed by atoms with Crippen molar-refractivity contribution in [2.75, 3.05) is 16.7 Å². The minimum atomic E-state index is -3.70. The lowest BCUT2D eigenvalue weighted by Gasteiger charge is -2.25. The van der Waals surface area contributed by atoms with E-state index in [2.05, 4.69) is 5.32 Å². The molecule has 0 saturated carbocycles. The van der Waals surface area contributed by atoms with E-state index in [1.807, 2.05) is 26.0 Å². The average Bonchev–Trinajstić information content (AvgIpc) is 2.60. The van der Waals surface area contributed by atoms with Crippen molar-refractivity contribution in [1.29, 1.82) is 0 Å². The first-order chi connectivity index (χ1) is 11.8. The topological polar surface area (TPSA) is 66.5 Å². The normalized spacial score (nSPS) is 16.9. The van der Waals surface area contributed by atoms with Gasteiger partial charge in [0.15, 0.2) is 0 Å². The number of hydrogen-bond acceptors (Lipinski definition) is 4. The summed E-state index contributed by atoms with van der Waals surface area (Å²) in [7, 11) is -2.17. The van der Waals surface area contributed by atoms with Gasteiger partial charge >= 0.3 is 0 Å². The Hall–Kier alpha value is -1.99. The third kappa shape index (κ3) is 3.39. The monoisotopic (exact) mass is 376 g/mol. The van der Waals surface area contributed by atoms with Crippen molar-refractivity contribution in [3.05, 3.63) is 48.0 Å². The molecule has 25 heavy (non-hydrogen) atoms. The van der Waals surface area contributed by atoms with Crippen molar-refractivity contribution in [2.24, 2.45) is 0 Å². The van der Waals surface area contributed by atoms with E-state index in [1.165, 1.54) is 29.2 Å². The fourth-order valence-electron chi connectivity index (χ4n) is 2.61. The molecule has 0 aromatic heterocycles. The van der Waals surface area contributed by atoms with Crippen LogP contribution < -0.4 is 9.62 Å². The molecule has 7 heteroatoms. The van der Waals surface area contributed by atoms with Crippen LogP contribution in [0.3, 0.4) is 0 Å². The Morgan fingerprint density at radius 1 is 1.16 bits per heavy atom. The molecule has 2 aromatic carbocycles. The second-order valence-corrected chi connectivity index (χ2v) is 9.18. The van der Waals surface area contributed by atoms with Crippen molar-refractivity contribution in [3.8, 4) is 0 Å². The van der Waals surface area contributed by atoms with Crippen LogP contribution in [-0.2, 0) is 14.8 Å². The molecule has 132 valence electrons. The molecule has 2 aromatic rings. The molecule has 3 rings (SSSR count). The van der Waals surface area contributed by atoms with E-state index < -0.39 is 10.0 Å². The molecule has 0 spiro atoms. The molecule has 5 nitrogen and oxygen atoms in total. The van der Waals surface area contributed by atoms with Gasteiger partial charge in [0.05, 0.1) is 21.5 Å². The quantitative estimate of drug-likeness (QED) is 0.885. The molecule has 0 unspecified atom stereocenters. The van der Waals surface area contributed by atoms with E-state index in [0.29, 0.717) is 11.4 Å². The number of hydrogen-bond donors (Lipinski definition) is 1. The lowest BCUT2D eigenvalue weighted by Crippen LogP contribution is -2.29. The first kappa shape index (κ1) is 17.8. The molecule has 0 aliphatic carbocycles. The lowest BCUT2D eigenvalue weighted by atomic mass is 10.2. The number of nitrogens with one attached hydrogen (secondary N) is 1. The number of rotatable bonds is 4. The fraction of sp³-hybridized carbons (Fsp3) is 0.278. The van der Waals surface area contributed by atoms with Crippen LogP contribution in [-0.4, -0.2) is 26.6 Å². The summed E-state index contributed by atoms with van der Waals surface area (Å²) >= 11 is 1.47. The Morgan fingerprint density at radius 2 is 1.84 bits per heavy atom. The van der Waals surface area contributed by atoms with Gasteiger partial charge in [-0.25, -0.2) is 8.42 Å². The van der Waals surface area contributed by atoms with E-state index >= 15 is 0 Å². The van der Waals surface area contributed by atoms with Gasteiger partial charge in [0.2, 0.25) is 5.91 Å². The summed E-state index contributed by atoms with van der Waals surface area (Å²) in [6.07, 6.45) is 0.728. The smallest absolute Gasteiger partial charge is 0.264 e. The minimum Gasteiger partial charge on any atom is -0.324 e. The molecule has 0 saturated heterocycles. The minimum absolute atomic E-state index is 0.0820. The number of fused-ring (bicyclic) bond motifs is 1. The second-order valence-electron chi connectivity index (χ2n) is 5.97. The predicted molar refractivity (Wildman–Crippen MR) is 102 cm³/mol. The van der Waals surface area contributed by atoms with Gasteiger partial charge < -0.3 is 5.32 Å². The Kier molecular flexibility index (Phi) is 4.79. The van der Waals surface area contributed by atoms with Gasteiger partial charge in [0.25, 0.3) is 10.0 Å². The SMILES string of the molecule is CC[C@@H]1Sc2ccc(S(=O)(=O)N(C)c3ccc(C)cc3)cc2NC1=O. The maximum atomic E-state index is 12.9. The number of nitrogens with zero attached hydrogens (tertiary/aromatic N) is 1. The van der Waals surface area contributed by atoms with E-state index in [-0.39, 0.29) is 16.1 Å². The van der Waals surface area contributed by atoms with Crippen molar-refractivity contribution < 1.29 is 13.2 Å². The van der Waals surface area contributed by atoms with Crippen LogP contribution in [0.25, 0.3) is 0 Å². The summed E-state index contributed by atoms with van der Waals surface area (Å²) in [5.41, 5.74) is 2.21. The van der Waals surface area contributed by atoms with Crippen LogP contribution in [0.1, 0.15) is 18.9 Å². The van der Waals surface area contributed by atoms with Gasteiger partial charge in [-0.2, -0.15) is 0 Å². The molecule has 1 amide bonds. The third-order valence-corrected chi connectivity index (χ3v) is 7.42. The van der Waals surface area contributed by atoms with Gasteiger partial charge in [-0.15, -0.1) is 11.8 Å². The van der Waals surface area contributed by atoms with E-state index in [1.54, 1.807) is 24.3 Å². The number of carbonyl (C=O) groups is 1. The van der Waals surface area contributed by atoms with Gasteiger partial charge in [-0.1, -0.05) is 24.6 Å². The van der Waals surface area contributed by atoms with Gasteiger partial charge in [-0.3, -0.25) is 9.10 Å². The highest BCUT2D eigenvalue weighted by Gasteiger charge is 2.28. The average molecular weight is 377 g/mol. The summed E-state index contributed by atoms with van der Waals surface area (Å²) in [4.78, 5) is 13.1. The van der Waals surface area contributed by atoms with Crippen LogP contribution >= 0.6 is 11.8 Å². The van der Waals surface area contributed by atoms with E-state index in [0.717, 1.165) is 16.9 Å². The number of amides is 1. The van der Waals surface area contributed by atoms with Crippen LogP contribution in [0.5, 0.6) is 0 Å². The Bertz CT molecular complexity index is 908. The fourth-order valence-corrected chi connectivity index (χ4v) is 4.86. The zero-order valence-corrected chi connectivity index (χ0v) is 15.9. The van der Waals surface area contributed by atoms with Crippen molar-refractivity contribution in [1.82, 2.24) is 0 Å². The summed E-state index contributed by atoms with van der Waals surface area (Å²) in [5, 5.41) is 2.68. The van der Waals surface area contributed by atoms with E-state index in [4.69, 9.17) is 0 Å². The third-order valence-electron chi connectivity index (χ3n) is 4.20. The number of anilines is 2. The highest BCUT2D eigenvalue weighted by Crippen LogP contribution is 2.38. The number of thioether (sulfide) groups is 1. The molecule has 0 radical (unpaired) electrons. The van der Waals surface area contributed by atoms with Crippen molar-refractivity contribution in [3.63, 3.8) is 0 Å². The number of carbonyl (C=O) groups excluding carboxylic acids is 1. The molecule has 1 aliphatic rings.